The van der Waals surface area contributed by atoms with Crippen molar-refractivity contribution in [3.8, 4) is 0 Å². The van der Waals surface area contributed by atoms with Crippen molar-refractivity contribution in [1.29, 1.82) is 0 Å². The van der Waals surface area contributed by atoms with Gasteiger partial charge in [0.15, 0.2) is 0 Å². The van der Waals surface area contributed by atoms with Gasteiger partial charge in [-0.3, -0.25) is 14.5 Å². The minimum atomic E-state index is -0.511. The van der Waals surface area contributed by atoms with E-state index in [2.05, 4.69) is 22.2 Å². The van der Waals surface area contributed by atoms with Gasteiger partial charge in [0.25, 0.3) is 0 Å². The maximum Gasteiger partial charge on any atom is 0.339 e. The van der Waals surface area contributed by atoms with Gasteiger partial charge in [0.05, 0.1) is 24.3 Å². The van der Waals surface area contributed by atoms with E-state index in [0.29, 0.717) is 16.9 Å². The predicted molar refractivity (Wildman–Crippen MR) is 126 cm³/mol. The highest BCUT2D eigenvalue weighted by molar-refractivity contribution is 6.07. The van der Waals surface area contributed by atoms with Crippen molar-refractivity contribution >= 4 is 29.2 Å². The number of carbonyl (C=O) groups excluding carboxylic acids is 3. The van der Waals surface area contributed by atoms with Crippen LogP contribution in [0.1, 0.15) is 22.3 Å². The maximum atomic E-state index is 12.9. The number of carbonyl (C=O) groups is 3. The number of hydrogen-bond acceptors (Lipinski definition) is 6. The van der Waals surface area contributed by atoms with Crippen molar-refractivity contribution in [3.05, 3.63) is 59.7 Å². The molecule has 2 aliphatic heterocycles. The van der Waals surface area contributed by atoms with Crippen LogP contribution in [0.4, 0.5) is 11.4 Å². The molecule has 33 heavy (non-hydrogen) atoms. The molecule has 8 heteroatoms. The Hall–Kier alpha value is -3.23. The lowest BCUT2D eigenvalue weighted by Gasteiger charge is -2.32. The van der Waals surface area contributed by atoms with Crippen LogP contribution >= 0.6 is 0 Å². The van der Waals surface area contributed by atoms with Gasteiger partial charge in [-0.1, -0.05) is 24.3 Å². The van der Waals surface area contributed by atoms with Gasteiger partial charge in [-0.15, -0.1) is 0 Å². The molecule has 1 N–H and O–H groups in total. The fourth-order valence-corrected chi connectivity index (χ4v) is 4.31. The molecule has 8 nitrogen and oxygen atoms in total. The minimum Gasteiger partial charge on any atom is -0.465 e. The quantitative estimate of drug-likeness (QED) is 0.680. The van der Waals surface area contributed by atoms with Crippen LogP contribution in [0.15, 0.2) is 48.5 Å². The monoisotopic (exact) mass is 450 g/mol. The molecule has 0 radical (unpaired) electrons. The van der Waals surface area contributed by atoms with Crippen molar-refractivity contribution in [3.63, 3.8) is 0 Å². The number of anilines is 2. The van der Waals surface area contributed by atoms with Crippen LogP contribution < -0.4 is 10.2 Å². The number of benzene rings is 2. The zero-order chi connectivity index (χ0) is 23.4. The Morgan fingerprint density at radius 2 is 1.73 bits per heavy atom. The lowest BCUT2D eigenvalue weighted by atomic mass is 10.1. The number of para-hydroxylation sites is 1. The number of hydrogen-bond donors (Lipinski definition) is 1. The largest absolute Gasteiger partial charge is 0.465 e. The summed E-state index contributed by atoms with van der Waals surface area (Å²) in [5.41, 5.74) is 2.70. The standard InChI is InChI=1S/C25H30N4O4/c1-27-11-13-28(14-12-27)16-18-7-9-20(10-8-18)26-24(31)19-15-23(30)29(17-19)22-6-4-3-5-21(22)25(32)33-2/h3-10,19H,11-17H2,1-2H3,(H,26,31). The van der Waals surface area contributed by atoms with E-state index in [1.807, 2.05) is 24.3 Å². The Labute approximate surface area is 194 Å². The third-order valence-electron chi connectivity index (χ3n) is 6.32. The number of ether oxygens (including phenoxy) is 1. The highest BCUT2D eigenvalue weighted by Gasteiger charge is 2.36. The Bertz CT molecular complexity index is 1020. The number of rotatable bonds is 6. The topological polar surface area (TPSA) is 82.2 Å². The smallest absolute Gasteiger partial charge is 0.339 e. The number of amides is 2. The van der Waals surface area contributed by atoms with Crippen LogP contribution in [0.3, 0.4) is 0 Å². The van der Waals surface area contributed by atoms with E-state index in [1.165, 1.54) is 17.6 Å². The molecule has 4 rings (SSSR count). The molecule has 1 unspecified atom stereocenters. The normalized spacial score (nSPS) is 19.5. The number of methoxy groups -OCH3 is 1. The Balaban J connectivity index is 1.36. The summed E-state index contributed by atoms with van der Waals surface area (Å²) < 4.78 is 4.83. The molecule has 0 aliphatic carbocycles. The SMILES string of the molecule is COC(=O)c1ccccc1N1CC(C(=O)Nc2ccc(CN3CCN(C)CC3)cc2)CC1=O. The van der Waals surface area contributed by atoms with E-state index in [9.17, 15) is 14.4 Å². The molecule has 0 saturated carbocycles. The summed E-state index contributed by atoms with van der Waals surface area (Å²) in [6.07, 6.45) is 0.100. The number of likely N-dealkylation sites (N-methyl/N-ethyl adjacent to an activating group) is 1. The van der Waals surface area contributed by atoms with Crippen LogP contribution in [0.2, 0.25) is 0 Å². The molecule has 2 fully saturated rings. The van der Waals surface area contributed by atoms with Gasteiger partial charge in [-0.2, -0.15) is 0 Å². The highest BCUT2D eigenvalue weighted by Crippen LogP contribution is 2.29. The Morgan fingerprint density at radius 1 is 1.03 bits per heavy atom. The van der Waals surface area contributed by atoms with Gasteiger partial charge in [0, 0.05) is 51.4 Å². The Morgan fingerprint density at radius 3 is 2.42 bits per heavy atom. The lowest BCUT2D eigenvalue weighted by Crippen LogP contribution is -2.43. The van der Waals surface area contributed by atoms with Gasteiger partial charge in [-0.05, 0) is 36.9 Å². The first kappa shape index (κ1) is 22.9. The van der Waals surface area contributed by atoms with E-state index in [1.54, 1.807) is 24.3 Å². The summed E-state index contributed by atoms with van der Waals surface area (Å²) in [5.74, 6) is -1.39. The third-order valence-corrected chi connectivity index (χ3v) is 6.32. The van der Waals surface area contributed by atoms with Crippen LogP contribution in [-0.2, 0) is 20.9 Å². The second-order valence-electron chi connectivity index (χ2n) is 8.68. The van der Waals surface area contributed by atoms with Crippen LogP contribution in [0.5, 0.6) is 0 Å². The molecule has 2 saturated heterocycles. The summed E-state index contributed by atoms with van der Waals surface area (Å²) in [6.45, 7) is 5.39. The van der Waals surface area contributed by atoms with E-state index in [4.69, 9.17) is 4.74 Å². The molecule has 2 aromatic carbocycles. The summed E-state index contributed by atoms with van der Waals surface area (Å²) in [5, 5.41) is 2.93. The van der Waals surface area contributed by atoms with Crippen molar-refractivity contribution in [2.24, 2.45) is 5.92 Å². The van der Waals surface area contributed by atoms with Crippen molar-refractivity contribution in [2.75, 3.05) is 57.1 Å². The zero-order valence-electron chi connectivity index (χ0n) is 19.1. The van der Waals surface area contributed by atoms with E-state index < -0.39 is 11.9 Å². The van der Waals surface area contributed by atoms with Gasteiger partial charge < -0.3 is 19.9 Å². The van der Waals surface area contributed by atoms with E-state index >= 15 is 0 Å². The summed E-state index contributed by atoms with van der Waals surface area (Å²) in [4.78, 5) is 43.8. The van der Waals surface area contributed by atoms with Gasteiger partial charge >= 0.3 is 5.97 Å². The molecule has 174 valence electrons. The molecular weight excluding hydrogens is 420 g/mol. The number of nitrogens with zero attached hydrogens (tertiary/aromatic N) is 3. The highest BCUT2D eigenvalue weighted by atomic mass is 16.5. The molecule has 0 bridgehead atoms. The number of esters is 1. The first-order chi connectivity index (χ1) is 15.9. The first-order valence-corrected chi connectivity index (χ1v) is 11.2. The van der Waals surface area contributed by atoms with Crippen LogP contribution in [0, 0.1) is 5.92 Å². The molecule has 2 aromatic rings. The molecule has 2 amide bonds. The average Bonchev–Trinajstić information content (AvgIpc) is 3.23. The van der Waals surface area contributed by atoms with Crippen LogP contribution in [0.25, 0.3) is 0 Å². The minimum absolute atomic E-state index is 0.100. The second-order valence-corrected chi connectivity index (χ2v) is 8.68. The van der Waals surface area contributed by atoms with Gasteiger partial charge in [-0.25, -0.2) is 4.79 Å². The lowest BCUT2D eigenvalue weighted by molar-refractivity contribution is -0.122. The molecule has 2 aliphatic rings. The summed E-state index contributed by atoms with van der Waals surface area (Å²) in [6, 6.07) is 14.7. The van der Waals surface area contributed by atoms with Gasteiger partial charge in [0.1, 0.15) is 0 Å². The van der Waals surface area contributed by atoms with E-state index in [0.717, 1.165) is 32.7 Å². The fraction of sp³-hybridized carbons (Fsp3) is 0.400. The first-order valence-electron chi connectivity index (χ1n) is 11.2. The maximum absolute atomic E-state index is 12.9. The molecular formula is C25H30N4O4. The molecule has 1 atom stereocenters. The predicted octanol–water partition coefficient (Wildman–Crippen LogP) is 2.21. The summed E-state index contributed by atoms with van der Waals surface area (Å²) in [7, 11) is 3.45. The third kappa shape index (κ3) is 5.40. The second kappa shape index (κ2) is 10.1. The Kier molecular flexibility index (Phi) is 7.05. The number of nitrogens with one attached hydrogen (secondary N) is 1. The van der Waals surface area contributed by atoms with E-state index in [-0.39, 0.29) is 24.8 Å². The average molecular weight is 451 g/mol. The molecule has 0 aromatic heterocycles. The zero-order valence-corrected chi connectivity index (χ0v) is 19.1. The summed E-state index contributed by atoms with van der Waals surface area (Å²) >= 11 is 0. The molecule has 0 spiro atoms. The number of piperazine rings is 1. The molecule has 2 heterocycles. The van der Waals surface area contributed by atoms with Crippen molar-refractivity contribution < 1.29 is 19.1 Å². The van der Waals surface area contributed by atoms with Crippen molar-refractivity contribution in [2.45, 2.75) is 13.0 Å². The van der Waals surface area contributed by atoms with Gasteiger partial charge in [0.2, 0.25) is 11.8 Å². The van der Waals surface area contributed by atoms with Crippen molar-refractivity contribution in [1.82, 2.24) is 9.80 Å². The van der Waals surface area contributed by atoms with Crippen LogP contribution in [-0.4, -0.2) is 74.5 Å². The fourth-order valence-electron chi connectivity index (χ4n) is 4.31.